The van der Waals surface area contributed by atoms with Gasteiger partial charge >= 0.3 is 0 Å². The Hall–Kier alpha value is -5.22. The number of amides is 2. The van der Waals surface area contributed by atoms with Crippen molar-refractivity contribution in [2.75, 3.05) is 13.1 Å². The molecule has 0 saturated carbocycles. The number of fused-ring (bicyclic) bond motifs is 7. The van der Waals surface area contributed by atoms with E-state index < -0.39 is 0 Å². The SMILES string of the molecule is CCCCN1C(=O)C2=C(c3cc4ccccc4c4ccccc34)N(CCCC)C(=O)C2=C1c1cc2ccccc2c2ccccc12. The van der Waals surface area contributed by atoms with Crippen LogP contribution in [-0.4, -0.2) is 34.7 Å². The van der Waals surface area contributed by atoms with Crippen LogP contribution in [0.25, 0.3) is 54.5 Å². The molecule has 0 aliphatic carbocycles. The molecule has 0 atom stereocenters. The van der Waals surface area contributed by atoms with Gasteiger partial charge < -0.3 is 9.80 Å². The predicted octanol–water partition coefficient (Wildman–Crippen LogP) is 9.71. The zero-order chi connectivity index (χ0) is 31.4. The number of benzene rings is 6. The van der Waals surface area contributed by atoms with E-state index in [4.69, 9.17) is 0 Å². The Bertz CT molecular complexity index is 2130. The van der Waals surface area contributed by atoms with Gasteiger partial charge in [-0.15, -0.1) is 0 Å². The van der Waals surface area contributed by atoms with E-state index in [1.807, 2.05) is 21.9 Å². The quantitative estimate of drug-likeness (QED) is 0.163. The number of hydrogen-bond acceptors (Lipinski definition) is 2. The van der Waals surface area contributed by atoms with Crippen molar-refractivity contribution in [1.82, 2.24) is 9.80 Å². The van der Waals surface area contributed by atoms with Crippen molar-refractivity contribution >= 4 is 66.3 Å². The molecule has 0 aromatic heterocycles. The third-order valence-electron chi connectivity index (χ3n) is 9.70. The molecule has 6 aromatic rings. The van der Waals surface area contributed by atoms with Gasteiger partial charge in [0.05, 0.1) is 22.5 Å². The molecule has 0 spiro atoms. The first-order valence-corrected chi connectivity index (χ1v) is 16.6. The molecule has 4 nitrogen and oxygen atoms in total. The maximum absolute atomic E-state index is 14.9. The van der Waals surface area contributed by atoms with Gasteiger partial charge in [-0.1, -0.05) is 124 Å². The molecule has 2 aliphatic rings. The molecule has 2 amide bonds. The first kappa shape index (κ1) is 28.3. The fourth-order valence-corrected chi connectivity index (χ4v) is 7.52. The van der Waals surface area contributed by atoms with E-state index in [9.17, 15) is 9.59 Å². The number of carbonyl (C=O) groups is 2. The molecule has 0 radical (unpaired) electrons. The molecule has 6 aromatic carbocycles. The molecule has 46 heavy (non-hydrogen) atoms. The normalized spacial score (nSPS) is 15.1. The van der Waals surface area contributed by atoms with Gasteiger partial charge in [0.1, 0.15) is 0 Å². The van der Waals surface area contributed by atoms with Crippen molar-refractivity contribution in [3.63, 3.8) is 0 Å². The van der Waals surface area contributed by atoms with Crippen LogP contribution in [0, 0.1) is 0 Å². The lowest BCUT2D eigenvalue weighted by molar-refractivity contribution is -0.124. The van der Waals surface area contributed by atoms with E-state index in [-0.39, 0.29) is 11.8 Å². The molecule has 2 heterocycles. The second kappa shape index (κ2) is 11.3. The van der Waals surface area contributed by atoms with Crippen molar-refractivity contribution in [2.24, 2.45) is 0 Å². The van der Waals surface area contributed by atoms with Crippen LogP contribution in [0.2, 0.25) is 0 Å². The van der Waals surface area contributed by atoms with Crippen LogP contribution in [0.3, 0.4) is 0 Å². The highest BCUT2D eigenvalue weighted by Gasteiger charge is 2.49. The smallest absolute Gasteiger partial charge is 0.261 e. The number of carbonyl (C=O) groups excluding carboxylic acids is 2. The highest BCUT2D eigenvalue weighted by molar-refractivity contribution is 6.32. The van der Waals surface area contributed by atoms with Crippen molar-refractivity contribution in [3.8, 4) is 0 Å². The monoisotopic (exact) mass is 600 g/mol. The van der Waals surface area contributed by atoms with E-state index in [0.717, 1.165) is 80.5 Å². The standard InChI is InChI=1S/C42H36N2O2/c1-3-5-23-43-39(35-25-27-15-7-9-17-29(27)31-19-11-13-21-33(31)35)37-38(41(43)45)40(44(42(37)46)24-6-4-2)36-26-28-16-8-10-18-30(28)32-20-12-14-22-34(32)36/h7-22,25-26H,3-6,23-24H2,1-2H3. The fourth-order valence-electron chi connectivity index (χ4n) is 7.52. The summed E-state index contributed by atoms with van der Waals surface area (Å²) in [4.78, 5) is 33.6. The molecule has 2 aliphatic heterocycles. The number of nitrogens with zero attached hydrogens (tertiary/aromatic N) is 2. The molecule has 226 valence electrons. The lowest BCUT2D eigenvalue weighted by Gasteiger charge is -2.26. The zero-order valence-corrected chi connectivity index (χ0v) is 26.3. The van der Waals surface area contributed by atoms with Crippen molar-refractivity contribution in [2.45, 2.75) is 39.5 Å². The van der Waals surface area contributed by atoms with Gasteiger partial charge in [0.15, 0.2) is 0 Å². The van der Waals surface area contributed by atoms with Crippen LogP contribution in [0.5, 0.6) is 0 Å². The van der Waals surface area contributed by atoms with E-state index in [1.54, 1.807) is 0 Å². The van der Waals surface area contributed by atoms with Gasteiger partial charge in [-0.3, -0.25) is 9.59 Å². The largest absolute Gasteiger partial charge is 0.307 e. The molecule has 4 heteroatoms. The second-order valence-electron chi connectivity index (χ2n) is 12.4. The van der Waals surface area contributed by atoms with Crippen LogP contribution in [-0.2, 0) is 9.59 Å². The van der Waals surface area contributed by atoms with Crippen LogP contribution in [0.1, 0.15) is 50.7 Å². The summed E-state index contributed by atoms with van der Waals surface area (Å²) in [7, 11) is 0. The minimum atomic E-state index is -0.0738. The van der Waals surface area contributed by atoms with E-state index in [0.29, 0.717) is 24.2 Å². The Balaban J connectivity index is 1.49. The number of unbranched alkanes of at least 4 members (excludes halogenated alkanes) is 2. The summed E-state index contributed by atoms with van der Waals surface area (Å²) in [5, 5.41) is 8.87. The molecule has 0 unspecified atom stereocenters. The lowest BCUT2D eigenvalue weighted by atomic mass is 9.92. The predicted molar refractivity (Wildman–Crippen MR) is 190 cm³/mol. The molecular formula is C42H36N2O2. The van der Waals surface area contributed by atoms with Crippen molar-refractivity contribution in [3.05, 3.63) is 131 Å². The Labute approximate surface area is 269 Å². The van der Waals surface area contributed by atoms with E-state index in [2.05, 4.69) is 111 Å². The average Bonchev–Trinajstić information content (AvgIpc) is 3.55. The molecule has 0 bridgehead atoms. The summed E-state index contributed by atoms with van der Waals surface area (Å²) in [6.45, 7) is 5.41. The topological polar surface area (TPSA) is 40.6 Å². The molecule has 0 saturated heterocycles. The van der Waals surface area contributed by atoms with E-state index >= 15 is 0 Å². The maximum atomic E-state index is 14.9. The molecule has 0 fully saturated rings. The fraction of sp³-hybridized carbons (Fsp3) is 0.190. The summed E-state index contributed by atoms with van der Waals surface area (Å²) < 4.78 is 0. The molecule has 0 N–H and O–H groups in total. The third kappa shape index (κ3) is 4.20. The summed E-state index contributed by atoms with van der Waals surface area (Å²) in [5.74, 6) is -0.148. The first-order valence-electron chi connectivity index (χ1n) is 16.6. The van der Waals surface area contributed by atoms with Crippen molar-refractivity contribution in [1.29, 1.82) is 0 Å². The number of rotatable bonds is 8. The Kier molecular flexibility index (Phi) is 6.94. The van der Waals surface area contributed by atoms with Gasteiger partial charge in [0.2, 0.25) is 0 Å². The molecule has 8 rings (SSSR count). The van der Waals surface area contributed by atoms with E-state index in [1.165, 1.54) is 10.8 Å². The van der Waals surface area contributed by atoms with Gasteiger partial charge in [-0.05, 0) is 68.1 Å². The van der Waals surface area contributed by atoms with Crippen LogP contribution in [0.15, 0.2) is 120 Å². The second-order valence-corrected chi connectivity index (χ2v) is 12.4. The highest BCUT2D eigenvalue weighted by atomic mass is 16.2. The molecular weight excluding hydrogens is 564 g/mol. The van der Waals surface area contributed by atoms with Crippen molar-refractivity contribution < 1.29 is 9.59 Å². The van der Waals surface area contributed by atoms with Gasteiger partial charge in [-0.2, -0.15) is 0 Å². The summed E-state index contributed by atoms with van der Waals surface area (Å²) in [6, 6.07) is 37.9. The van der Waals surface area contributed by atoms with Crippen LogP contribution >= 0.6 is 0 Å². The van der Waals surface area contributed by atoms with Gasteiger partial charge in [-0.25, -0.2) is 0 Å². The first-order chi connectivity index (χ1) is 22.6. The minimum Gasteiger partial charge on any atom is -0.307 e. The zero-order valence-electron chi connectivity index (χ0n) is 26.3. The Morgan fingerprint density at radius 1 is 0.457 bits per heavy atom. The minimum absolute atomic E-state index is 0.0738. The van der Waals surface area contributed by atoms with Gasteiger partial charge in [0, 0.05) is 24.2 Å². The number of hydrogen-bond donors (Lipinski definition) is 0. The summed E-state index contributed by atoms with van der Waals surface area (Å²) >= 11 is 0. The Morgan fingerprint density at radius 3 is 1.20 bits per heavy atom. The summed E-state index contributed by atoms with van der Waals surface area (Å²) in [5.41, 5.74) is 4.48. The van der Waals surface area contributed by atoms with Crippen LogP contribution in [0.4, 0.5) is 0 Å². The third-order valence-corrected chi connectivity index (χ3v) is 9.70. The van der Waals surface area contributed by atoms with Gasteiger partial charge in [0.25, 0.3) is 11.8 Å². The average molecular weight is 601 g/mol. The summed E-state index contributed by atoms with van der Waals surface area (Å²) in [6.07, 6.45) is 3.60. The maximum Gasteiger partial charge on any atom is 0.261 e. The Morgan fingerprint density at radius 2 is 0.804 bits per heavy atom. The van der Waals surface area contributed by atoms with Crippen LogP contribution < -0.4 is 0 Å². The lowest BCUT2D eigenvalue weighted by Crippen LogP contribution is -2.31. The highest BCUT2D eigenvalue weighted by Crippen LogP contribution is 2.50.